The molecule has 1 N–H and O–H groups in total. The van der Waals surface area contributed by atoms with Crippen molar-refractivity contribution in [2.75, 3.05) is 25.0 Å². The number of anilines is 1. The van der Waals surface area contributed by atoms with E-state index in [0.717, 1.165) is 49.4 Å². The summed E-state index contributed by atoms with van der Waals surface area (Å²) in [5.41, 5.74) is 2.71. The van der Waals surface area contributed by atoms with Crippen molar-refractivity contribution < 1.29 is 9.53 Å². The summed E-state index contributed by atoms with van der Waals surface area (Å²) in [6.45, 7) is 4.29. The minimum absolute atomic E-state index is 0.0642. The summed E-state index contributed by atoms with van der Waals surface area (Å²) in [6.07, 6.45) is 8.88. The largest absolute Gasteiger partial charge is 0.376 e. The lowest BCUT2D eigenvalue weighted by Crippen LogP contribution is -2.45. The third kappa shape index (κ3) is 5.93. The summed E-state index contributed by atoms with van der Waals surface area (Å²) in [4.78, 5) is 18.7. The first kappa shape index (κ1) is 19.1. The zero-order valence-corrected chi connectivity index (χ0v) is 15.8. The molecule has 1 fully saturated rings. The van der Waals surface area contributed by atoms with Crippen LogP contribution in [0.4, 0.5) is 10.5 Å². The summed E-state index contributed by atoms with van der Waals surface area (Å²) >= 11 is 0. The number of rotatable bonds is 6. The molecule has 2 amide bonds. The first-order valence-corrected chi connectivity index (χ1v) is 9.61. The molecule has 2 heterocycles. The summed E-state index contributed by atoms with van der Waals surface area (Å²) in [5.74, 6) is 0. The summed E-state index contributed by atoms with van der Waals surface area (Å²) in [5, 5.41) is 3.01. The van der Waals surface area contributed by atoms with Crippen molar-refractivity contribution in [1.82, 2.24) is 9.88 Å². The second kappa shape index (κ2) is 9.88. The van der Waals surface area contributed by atoms with E-state index in [4.69, 9.17) is 4.74 Å². The molecule has 1 aliphatic heterocycles. The van der Waals surface area contributed by atoms with E-state index in [1.807, 2.05) is 59.5 Å². The van der Waals surface area contributed by atoms with Crippen molar-refractivity contribution in [2.24, 2.45) is 0 Å². The summed E-state index contributed by atoms with van der Waals surface area (Å²) in [7, 11) is 0. The number of amides is 2. The van der Waals surface area contributed by atoms with Gasteiger partial charge >= 0.3 is 6.03 Å². The van der Waals surface area contributed by atoms with Gasteiger partial charge in [-0.05, 0) is 55.2 Å². The van der Waals surface area contributed by atoms with E-state index in [9.17, 15) is 4.79 Å². The average Bonchev–Trinajstić information content (AvgIpc) is 2.72. The van der Waals surface area contributed by atoms with Gasteiger partial charge in [0.15, 0.2) is 0 Å². The number of piperidine rings is 1. The lowest BCUT2D eigenvalue weighted by molar-refractivity contribution is 0.0115. The van der Waals surface area contributed by atoms with E-state index < -0.39 is 0 Å². The van der Waals surface area contributed by atoms with Crippen LogP contribution in [0.3, 0.4) is 0 Å². The normalized spacial score (nSPS) is 17.2. The fourth-order valence-corrected chi connectivity index (χ4v) is 3.12. The molecule has 0 spiro atoms. The minimum Gasteiger partial charge on any atom is -0.376 e. The molecule has 2 aromatic rings. The average molecular weight is 365 g/mol. The van der Waals surface area contributed by atoms with Crippen molar-refractivity contribution in [2.45, 2.75) is 32.3 Å². The van der Waals surface area contributed by atoms with Gasteiger partial charge in [-0.1, -0.05) is 31.2 Å². The van der Waals surface area contributed by atoms with Gasteiger partial charge in [0.25, 0.3) is 0 Å². The lowest BCUT2D eigenvalue weighted by Gasteiger charge is -2.32. The Morgan fingerprint density at radius 3 is 3.04 bits per heavy atom. The molecule has 1 saturated heterocycles. The van der Waals surface area contributed by atoms with Crippen molar-refractivity contribution in [3.8, 4) is 0 Å². The van der Waals surface area contributed by atoms with E-state index in [0.29, 0.717) is 6.54 Å². The monoisotopic (exact) mass is 365 g/mol. The number of nitrogens with one attached hydrogen (secondary N) is 1. The van der Waals surface area contributed by atoms with Crippen LogP contribution in [-0.4, -0.2) is 41.7 Å². The van der Waals surface area contributed by atoms with Gasteiger partial charge in [0, 0.05) is 31.6 Å². The highest BCUT2D eigenvalue weighted by Gasteiger charge is 2.24. The number of ether oxygens (including phenoxy) is 1. The fourth-order valence-electron chi connectivity index (χ4n) is 3.12. The predicted octanol–water partition coefficient (Wildman–Crippen LogP) is 4.67. The van der Waals surface area contributed by atoms with Gasteiger partial charge in [0.1, 0.15) is 0 Å². The van der Waals surface area contributed by atoms with Gasteiger partial charge in [0.05, 0.1) is 11.8 Å². The maximum Gasteiger partial charge on any atom is 0.321 e. The number of nitrogens with zero attached hydrogens (tertiary/aromatic N) is 2. The topological polar surface area (TPSA) is 54.5 Å². The summed E-state index contributed by atoms with van der Waals surface area (Å²) < 4.78 is 5.82. The van der Waals surface area contributed by atoms with Gasteiger partial charge in [0.2, 0.25) is 0 Å². The second-order valence-electron chi connectivity index (χ2n) is 6.72. The first-order valence-electron chi connectivity index (χ1n) is 9.61. The SMILES string of the molecule is CCCO[C@H]1CCCN(C(=O)Nc2cccc(/C=C/c3ccccn3)c2)C1. The molecule has 5 heteroatoms. The van der Waals surface area contributed by atoms with E-state index in [2.05, 4.69) is 17.2 Å². The maximum absolute atomic E-state index is 12.6. The molecular weight excluding hydrogens is 338 g/mol. The molecule has 0 radical (unpaired) electrons. The lowest BCUT2D eigenvalue weighted by atomic mass is 10.1. The second-order valence-corrected chi connectivity index (χ2v) is 6.72. The molecule has 1 aromatic heterocycles. The Kier molecular flexibility index (Phi) is 6.99. The smallest absolute Gasteiger partial charge is 0.321 e. The van der Waals surface area contributed by atoms with Gasteiger partial charge in [-0.25, -0.2) is 4.79 Å². The Labute approximate surface area is 161 Å². The van der Waals surface area contributed by atoms with E-state index >= 15 is 0 Å². The van der Waals surface area contributed by atoms with Crippen LogP contribution in [-0.2, 0) is 4.74 Å². The molecule has 3 rings (SSSR count). The molecule has 5 nitrogen and oxygen atoms in total. The molecule has 1 aliphatic rings. The Morgan fingerprint density at radius 2 is 2.22 bits per heavy atom. The molecule has 27 heavy (non-hydrogen) atoms. The Balaban J connectivity index is 1.58. The van der Waals surface area contributed by atoms with Crippen molar-refractivity contribution in [1.29, 1.82) is 0 Å². The first-order chi connectivity index (χ1) is 13.2. The van der Waals surface area contributed by atoms with Gasteiger partial charge < -0.3 is 15.0 Å². The van der Waals surface area contributed by atoms with Crippen molar-refractivity contribution in [3.63, 3.8) is 0 Å². The Bertz CT molecular complexity index is 761. The van der Waals surface area contributed by atoms with Gasteiger partial charge in [-0.2, -0.15) is 0 Å². The standard InChI is InChI=1S/C22H27N3O2/c1-2-15-27-21-10-6-14-25(17-21)22(26)24-20-9-5-7-18(16-20)11-12-19-8-3-4-13-23-19/h3-5,7-9,11-13,16,21H,2,6,10,14-15,17H2,1H3,(H,24,26)/b12-11+/t21-/m0/s1. The summed E-state index contributed by atoms with van der Waals surface area (Å²) in [6, 6.07) is 13.6. The highest BCUT2D eigenvalue weighted by atomic mass is 16.5. The molecule has 1 atom stereocenters. The molecule has 142 valence electrons. The number of hydrogen-bond acceptors (Lipinski definition) is 3. The van der Waals surface area contributed by atoms with Crippen molar-refractivity contribution >= 4 is 23.9 Å². The van der Waals surface area contributed by atoms with Crippen LogP contribution in [0.1, 0.15) is 37.4 Å². The van der Waals surface area contributed by atoms with E-state index in [-0.39, 0.29) is 12.1 Å². The Morgan fingerprint density at radius 1 is 1.30 bits per heavy atom. The van der Waals surface area contributed by atoms with Gasteiger partial charge in [-0.15, -0.1) is 0 Å². The number of carbonyl (C=O) groups excluding carboxylic acids is 1. The zero-order valence-electron chi connectivity index (χ0n) is 15.8. The van der Waals surface area contributed by atoms with Gasteiger partial charge in [-0.3, -0.25) is 4.98 Å². The number of urea groups is 1. The van der Waals surface area contributed by atoms with Crippen LogP contribution < -0.4 is 5.32 Å². The zero-order chi connectivity index (χ0) is 18.9. The highest BCUT2D eigenvalue weighted by molar-refractivity contribution is 5.90. The van der Waals surface area contributed by atoms with Crippen LogP contribution >= 0.6 is 0 Å². The Hall–Kier alpha value is -2.66. The number of benzene rings is 1. The molecule has 0 saturated carbocycles. The van der Waals surface area contributed by atoms with Crippen LogP contribution in [0.25, 0.3) is 12.2 Å². The molecule has 0 bridgehead atoms. The number of aromatic nitrogens is 1. The molecule has 1 aromatic carbocycles. The predicted molar refractivity (Wildman–Crippen MR) is 109 cm³/mol. The van der Waals surface area contributed by atoms with E-state index in [1.54, 1.807) is 6.20 Å². The number of pyridine rings is 1. The third-order valence-electron chi connectivity index (χ3n) is 4.50. The maximum atomic E-state index is 12.6. The van der Waals surface area contributed by atoms with Crippen LogP contribution in [0, 0.1) is 0 Å². The molecule has 0 aliphatic carbocycles. The quantitative estimate of drug-likeness (QED) is 0.809. The minimum atomic E-state index is -0.0642. The molecule has 0 unspecified atom stereocenters. The number of carbonyl (C=O) groups is 1. The number of likely N-dealkylation sites (tertiary alicyclic amines) is 1. The molecular formula is C22H27N3O2. The van der Waals surface area contributed by atoms with Crippen molar-refractivity contribution in [3.05, 3.63) is 59.9 Å². The third-order valence-corrected chi connectivity index (χ3v) is 4.50. The van der Waals surface area contributed by atoms with E-state index in [1.165, 1.54) is 0 Å². The van der Waals surface area contributed by atoms with Crippen LogP contribution in [0.2, 0.25) is 0 Å². The number of hydrogen-bond donors (Lipinski definition) is 1. The van der Waals surface area contributed by atoms with Crippen LogP contribution in [0.5, 0.6) is 0 Å². The fraction of sp³-hybridized carbons (Fsp3) is 0.364. The van der Waals surface area contributed by atoms with Crippen LogP contribution in [0.15, 0.2) is 48.7 Å². The highest BCUT2D eigenvalue weighted by Crippen LogP contribution is 2.17.